The van der Waals surface area contributed by atoms with Gasteiger partial charge < -0.3 is 10.1 Å². The largest absolute Gasteiger partial charge is 0.317 e. The molecule has 2 unspecified atom stereocenters. The van der Waals surface area contributed by atoms with Crippen LogP contribution in [-0.2, 0) is 4.79 Å². The van der Waals surface area contributed by atoms with E-state index < -0.39 is 0 Å². The summed E-state index contributed by atoms with van der Waals surface area (Å²) >= 11 is 0. The molecule has 1 N–H and O–H groups in total. The summed E-state index contributed by atoms with van der Waals surface area (Å²) in [7, 11) is 3.71. The van der Waals surface area contributed by atoms with Crippen molar-refractivity contribution in [1.29, 1.82) is 0 Å². The third-order valence-corrected chi connectivity index (χ3v) is 3.30. The van der Waals surface area contributed by atoms with Gasteiger partial charge in [-0.15, -0.1) is 0 Å². The van der Waals surface area contributed by atoms with Gasteiger partial charge in [-0.05, 0) is 39.2 Å². The number of carbonyl (C=O) groups excluding carboxylic acids is 1. The molecule has 16 heavy (non-hydrogen) atoms. The van der Waals surface area contributed by atoms with Crippen molar-refractivity contribution in [2.75, 3.05) is 7.05 Å². The molecule has 94 valence electrons. The second kappa shape index (κ2) is 9.89. The Morgan fingerprint density at radius 1 is 1.12 bits per heavy atom. The SMILES string of the molecule is BC(=O)CCCC(C)CCCCC(C)NC. The van der Waals surface area contributed by atoms with Gasteiger partial charge in [0.25, 0.3) is 0 Å². The van der Waals surface area contributed by atoms with Crippen molar-refractivity contribution in [1.82, 2.24) is 5.32 Å². The second-order valence-corrected chi connectivity index (χ2v) is 5.17. The Bertz CT molecular complexity index is 185. The summed E-state index contributed by atoms with van der Waals surface area (Å²) in [6.07, 6.45) is 8.28. The molecule has 0 rings (SSSR count). The van der Waals surface area contributed by atoms with Crippen LogP contribution in [0.3, 0.4) is 0 Å². The van der Waals surface area contributed by atoms with Crippen LogP contribution in [0.15, 0.2) is 0 Å². The normalized spacial score (nSPS) is 14.7. The Hall–Kier alpha value is -0.305. The molecule has 3 heteroatoms. The van der Waals surface area contributed by atoms with Gasteiger partial charge in [-0.3, -0.25) is 0 Å². The molecule has 0 saturated carbocycles. The smallest absolute Gasteiger partial charge is 0.187 e. The highest BCUT2D eigenvalue weighted by Gasteiger charge is 2.04. The average molecular weight is 225 g/mol. The molecule has 0 aliphatic rings. The fourth-order valence-electron chi connectivity index (χ4n) is 1.93. The Labute approximate surface area is 102 Å². The molecular formula is C13H28BNO. The van der Waals surface area contributed by atoms with E-state index >= 15 is 0 Å². The van der Waals surface area contributed by atoms with Crippen LogP contribution in [0.2, 0.25) is 0 Å². The van der Waals surface area contributed by atoms with Crippen molar-refractivity contribution < 1.29 is 4.79 Å². The van der Waals surface area contributed by atoms with Gasteiger partial charge in [0, 0.05) is 6.04 Å². The Morgan fingerprint density at radius 2 is 1.69 bits per heavy atom. The van der Waals surface area contributed by atoms with Crippen molar-refractivity contribution in [2.24, 2.45) is 5.92 Å². The van der Waals surface area contributed by atoms with Crippen LogP contribution in [0.1, 0.15) is 58.8 Å². The van der Waals surface area contributed by atoms with Crippen LogP contribution in [-0.4, -0.2) is 26.6 Å². The lowest BCUT2D eigenvalue weighted by Gasteiger charge is -2.12. The van der Waals surface area contributed by atoms with Gasteiger partial charge in [-0.25, -0.2) is 0 Å². The predicted molar refractivity (Wildman–Crippen MR) is 73.6 cm³/mol. The first-order valence-corrected chi connectivity index (χ1v) is 6.73. The first-order valence-electron chi connectivity index (χ1n) is 6.73. The lowest BCUT2D eigenvalue weighted by atomic mass is 9.92. The number of hydrogen-bond donors (Lipinski definition) is 1. The van der Waals surface area contributed by atoms with E-state index in [4.69, 9.17) is 0 Å². The van der Waals surface area contributed by atoms with Gasteiger partial charge in [0.2, 0.25) is 0 Å². The summed E-state index contributed by atoms with van der Waals surface area (Å²) < 4.78 is 0. The van der Waals surface area contributed by atoms with Gasteiger partial charge in [-0.1, -0.05) is 32.6 Å². The minimum Gasteiger partial charge on any atom is -0.317 e. The van der Waals surface area contributed by atoms with E-state index in [9.17, 15) is 4.79 Å². The quantitative estimate of drug-likeness (QED) is 0.455. The number of carbonyl (C=O) groups is 1. The molecule has 0 aromatic heterocycles. The van der Waals surface area contributed by atoms with E-state index in [0.29, 0.717) is 11.7 Å². The van der Waals surface area contributed by atoms with Crippen molar-refractivity contribution in [3.05, 3.63) is 0 Å². The van der Waals surface area contributed by atoms with E-state index in [2.05, 4.69) is 19.2 Å². The minimum absolute atomic E-state index is 0.329. The Morgan fingerprint density at radius 3 is 2.25 bits per heavy atom. The zero-order valence-electron chi connectivity index (χ0n) is 11.5. The van der Waals surface area contributed by atoms with Gasteiger partial charge >= 0.3 is 0 Å². The van der Waals surface area contributed by atoms with E-state index in [1.807, 2.05) is 7.05 Å². The van der Waals surface area contributed by atoms with Crippen molar-refractivity contribution in [3.63, 3.8) is 0 Å². The minimum atomic E-state index is 0.329. The van der Waals surface area contributed by atoms with Crippen LogP contribution in [0.4, 0.5) is 0 Å². The molecule has 0 heterocycles. The second-order valence-electron chi connectivity index (χ2n) is 5.17. The first-order chi connectivity index (χ1) is 7.56. The maximum Gasteiger partial charge on any atom is 0.187 e. The zero-order valence-corrected chi connectivity index (χ0v) is 11.5. The topological polar surface area (TPSA) is 29.1 Å². The molecule has 0 aliphatic heterocycles. The highest BCUT2D eigenvalue weighted by atomic mass is 16.1. The summed E-state index contributed by atoms with van der Waals surface area (Å²) in [5.41, 5.74) is 0.329. The molecule has 0 saturated heterocycles. The molecule has 2 atom stereocenters. The van der Waals surface area contributed by atoms with Crippen molar-refractivity contribution in [2.45, 2.75) is 64.8 Å². The van der Waals surface area contributed by atoms with Crippen LogP contribution < -0.4 is 5.32 Å². The van der Waals surface area contributed by atoms with Gasteiger partial charge in [0.15, 0.2) is 7.85 Å². The molecule has 0 amide bonds. The van der Waals surface area contributed by atoms with E-state index in [1.54, 1.807) is 7.85 Å². The van der Waals surface area contributed by atoms with E-state index in [-0.39, 0.29) is 0 Å². The summed E-state index contributed by atoms with van der Waals surface area (Å²) in [4.78, 5) is 10.8. The maximum absolute atomic E-state index is 10.8. The molecule has 2 nitrogen and oxygen atoms in total. The zero-order chi connectivity index (χ0) is 12.4. The molecule has 0 aromatic rings. The van der Waals surface area contributed by atoms with E-state index in [1.165, 1.54) is 32.1 Å². The van der Waals surface area contributed by atoms with Gasteiger partial charge in [0.1, 0.15) is 0 Å². The number of nitrogens with one attached hydrogen (secondary N) is 1. The Balaban J connectivity index is 3.30. The standard InChI is InChI=1S/C13H28BNO/c1-11(8-6-10-13(14)16)7-4-5-9-12(2)15-3/h11-12,15H,4-10,14H2,1-3H3. The summed E-state index contributed by atoms with van der Waals surface area (Å²) in [5.74, 6) is 0.782. The number of rotatable bonds is 10. The molecule has 0 fully saturated rings. The molecule has 0 aliphatic carbocycles. The number of hydrogen-bond acceptors (Lipinski definition) is 2. The maximum atomic E-state index is 10.8. The predicted octanol–water partition coefficient (Wildman–Crippen LogP) is 2.12. The van der Waals surface area contributed by atoms with Crippen molar-refractivity contribution in [3.8, 4) is 0 Å². The summed E-state index contributed by atoms with van der Waals surface area (Å²) in [6.45, 7) is 4.54. The molecule has 0 spiro atoms. The molecule has 0 radical (unpaired) electrons. The van der Waals surface area contributed by atoms with Crippen LogP contribution >= 0.6 is 0 Å². The summed E-state index contributed by atoms with van der Waals surface area (Å²) in [6, 6.07) is 0.646. The number of unbranched alkanes of at least 4 members (excludes halogenated alkanes) is 1. The van der Waals surface area contributed by atoms with Crippen LogP contribution in [0.5, 0.6) is 0 Å². The first kappa shape index (κ1) is 15.7. The highest BCUT2D eigenvalue weighted by molar-refractivity contribution is 6.57. The third kappa shape index (κ3) is 10.2. The molecule has 0 aromatic carbocycles. The van der Waals surface area contributed by atoms with E-state index in [0.717, 1.165) is 18.8 Å². The monoisotopic (exact) mass is 225 g/mol. The van der Waals surface area contributed by atoms with Gasteiger partial charge in [0.05, 0.1) is 5.68 Å². The lowest BCUT2D eigenvalue weighted by Crippen LogP contribution is -2.20. The highest BCUT2D eigenvalue weighted by Crippen LogP contribution is 2.16. The fraction of sp³-hybridized carbons (Fsp3) is 0.923. The van der Waals surface area contributed by atoms with Crippen molar-refractivity contribution >= 4 is 13.5 Å². The average Bonchev–Trinajstić information content (AvgIpc) is 2.23. The Kier molecular flexibility index (Phi) is 9.70. The summed E-state index contributed by atoms with van der Waals surface area (Å²) in [5, 5.41) is 3.26. The molecule has 0 bridgehead atoms. The van der Waals surface area contributed by atoms with Crippen LogP contribution in [0.25, 0.3) is 0 Å². The van der Waals surface area contributed by atoms with Crippen LogP contribution in [0, 0.1) is 5.92 Å². The lowest BCUT2D eigenvalue weighted by molar-refractivity contribution is -0.111. The fourth-order valence-corrected chi connectivity index (χ4v) is 1.93. The molecular weight excluding hydrogens is 197 g/mol. The van der Waals surface area contributed by atoms with Gasteiger partial charge in [-0.2, -0.15) is 0 Å². The third-order valence-electron chi connectivity index (χ3n) is 3.30.